The first kappa shape index (κ1) is 29.3. The molecular formula is C28H21N5O5S5. The Labute approximate surface area is 267 Å². The zero-order valence-electron chi connectivity index (χ0n) is 22.3. The molecule has 0 radical (unpaired) electrons. The van der Waals surface area contributed by atoms with Gasteiger partial charge in [-0.2, -0.15) is 0 Å². The van der Waals surface area contributed by atoms with Crippen LogP contribution in [0.1, 0.15) is 16.3 Å². The Morgan fingerprint density at radius 1 is 1.14 bits per heavy atom. The number of ether oxygens (including phenoxy) is 2. The van der Waals surface area contributed by atoms with Crippen LogP contribution in [0.2, 0.25) is 0 Å². The highest BCUT2D eigenvalue weighted by Crippen LogP contribution is 2.36. The number of fused-ring (bicyclic) bond motifs is 1. The maximum absolute atomic E-state index is 12.9. The standard InChI is InChI=1S/C28H21N5O5S5/c1-36-20-11-16(12-22-25(35)33(28(39)42-22)13-17-5-4-10-37-17)8-9-19(20)38-14-23(34)30-26-32-31-24(43-26)15-40-27-29-18-6-2-3-7-21(18)41-27/h2-12H,13-15H2,1H3,(H,30,32,34)/b22-12-. The van der Waals surface area contributed by atoms with Crippen molar-refractivity contribution >= 4 is 96.0 Å². The normalized spacial score (nSPS) is 14.2. The number of anilines is 1. The lowest BCUT2D eigenvalue weighted by Crippen LogP contribution is -2.27. The largest absolute Gasteiger partial charge is 0.493 e. The molecule has 10 nitrogen and oxygen atoms in total. The number of hydrogen-bond acceptors (Lipinski definition) is 13. The number of nitrogens with one attached hydrogen (secondary N) is 1. The minimum absolute atomic E-state index is 0.197. The molecule has 1 saturated heterocycles. The van der Waals surface area contributed by atoms with Crippen LogP contribution >= 0.6 is 58.4 Å². The number of thioether (sulfide) groups is 2. The van der Waals surface area contributed by atoms with E-state index in [0.29, 0.717) is 37.4 Å². The van der Waals surface area contributed by atoms with Crippen LogP contribution in [-0.4, -0.2) is 49.9 Å². The Balaban J connectivity index is 1.02. The van der Waals surface area contributed by atoms with Gasteiger partial charge in [-0.1, -0.05) is 65.3 Å². The molecule has 1 fully saturated rings. The molecule has 1 aliphatic heterocycles. The van der Waals surface area contributed by atoms with Crippen LogP contribution in [0.4, 0.5) is 5.13 Å². The average Bonchev–Trinajstić information content (AvgIpc) is 3.81. The summed E-state index contributed by atoms with van der Waals surface area (Å²) in [4.78, 5) is 32.1. The van der Waals surface area contributed by atoms with Crippen LogP contribution in [0.15, 0.2) is 74.5 Å². The van der Waals surface area contributed by atoms with Gasteiger partial charge < -0.3 is 13.9 Å². The van der Waals surface area contributed by atoms with Crippen molar-refractivity contribution in [3.05, 3.63) is 82.1 Å². The van der Waals surface area contributed by atoms with Gasteiger partial charge in [-0.3, -0.25) is 19.8 Å². The molecule has 2 aromatic carbocycles. The Kier molecular flexibility index (Phi) is 9.04. The average molecular weight is 668 g/mol. The Hall–Kier alpha value is -3.76. The van der Waals surface area contributed by atoms with Crippen LogP contribution in [0.5, 0.6) is 11.5 Å². The van der Waals surface area contributed by atoms with E-state index in [2.05, 4.69) is 20.5 Å². The Bertz CT molecular complexity index is 1800. The van der Waals surface area contributed by atoms with Gasteiger partial charge in [0.2, 0.25) is 5.13 Å². The second-order valence-corrected chi connectivity index (χ2v) is 13.8. The van der Waals surface area contributed by atoms with E-state index in [-0.39, 0.29) is 25.0 Å². The van der Waals surface area contributed by atoms with Crippen LogP contribution < -0.4 is 14.8 Å². The van der Waals surface area contributed by atoms with Crippen LogP contribution in [0.25, 0.3) is 16.3 Å². The lowest BCUT2D eigenvalue weighted by molar-refractivity contribution is -0.122. The number of para-hydroxylation sites is 1. The van der Waals surface area contributed by atoms with Crippen molar-refractivity contribution in [3.63, 3.8) is 0 Å². The van der Waals surface area contributed by atoms with Crippen molar-refractivity contribution in [2.75, 3.05) is 19.0 Å². The molecular weight excluding hydrogens is 647 g/mol. The Morgan fingerprint density at radius 2 is 2.02 bits per heavy atom. The summed E-state index contributed by atoms with van der Waals surface area (Å²) < 4.78 is 19.1. The topological polar surface area (TPSA) is 120 Å². The zero-order valence-corrected chi connectivity index (χ0v) is 26.4. The molecule has 4 heterocycles. The van der Waals surface area contributed by atoms with Gasteiger partial charge in [0.05, 0.1) is 40.8 Å². The molecule has 1 aliphatic rings. The number of methoxy groups -OCH3 is 1. The van der Waals surface area contributed by atoms with Gasteiger partial charge in [0.1, 0.15) is 15.1 Å². The Morgan fingerprint density at radius 3 is 2.84 bits per heavy atom. The quantitative estimate of drug-likeness (QED) is 0.0950. The van der Waals surface area contributed by atoms with Crippen LogP contribution in [-0.2, 0) is 21.9 Å². The van der Waals surface area contributed by atoms with Crippen molar-refractivity contribution in [3.8, 4) is 11.5 Å². The van der Waals surface area contributed by atoms with E-state index in [4.69, 9.17) is 26.1 Å². The monoisotopic (exact) mass is 667 g/mol. The highest BCUT2D eigenvalue weighted by Gasteiger charge is 2.32. The molecule has 6 rings (SSSR count). The van der Waals surface area contributed by atoms with E-state index in [0.717, 1.165) is 25.1 Å². The summed E-state index contributed by atoms with van der Waals surface area (Å²) in [6.45, 7) is 0.0190. The van der Waals surface area contributed by atoms with Crippen molar-refractivity contribution in [1.29, 1.82) is 0 Å². The summed E-state index contributed by atoms with van der Waals surface area (Å²) in [7, 11) is 1.50. The molecule has 218 valence electrons. The number of aromatic nitrogens is 3. The maximum Gasteiger partial charge on any atom is 0.266 e. The van der Waals surface area contributed by atoms with Crippen molar-refractivity contribution in [2.24, 2.45) is 0 Å². The van der Waals surface area contributed by atoms with Crippen molar-refractivity contribution < 1.29 is 23.5 Å². The highest BCUT2D eigenvalue weighted by molar-refractivity contribution is 8.26. The second kappa shape index (κ2) is 13.3. The number of thiocarbonyl (C=S) groups is 1. The number of carbonyl (C=O) groups excluding carboxylic acids is 2. The first-order valence-electron chi connectivity index (χ1n) is 12.6. The third-order valence-electron chi connectivity index (χ3n) is 5.92. The highest BCUT2D eigenvalue weighted by atomic mass is 32.2. The third-order valence-corrected chi connectivity index (χ3v) is 10.5. The number of furan rings is 1. The van der Waals surface area contributed by atoms with Gasteiger partial charge in [-0.15, -0.1) is 21.5 Å². The maximum atomic E-state index is 12.9. The van der Waals surface area contributed by atoms with Crippen LogP contribution in [0, 0.1) is 0 Å². The predicted molar refractivity (Wildman–Crippen MR) is 174 cm³/mol. The summed E-state index contributed by atoms with van der Waals surface area (Å²) in [5, 5.41) is 12.1. The number of benzene rings is 2. The number of carbonyl (C=O) groups is 2. The van der Waals surface area contributed by atoms with E-state index in [1.165, 1.54) is 35.1 Å². The molecule has 43 heavy (non-hydrogen) atoms. The fourth-order valence-electron chi connectivity index (χ4n) is 3.94. The zero-order chi connectivity index (χ0) is 29.8. The first-order chi connectivity index (χ1) is 20.9. The number of rotatable bonds is 11. The summed E-state index contributed by atoms with van der Waals surface area (Å²) in [6.07, 6.45) is 3.30. The molecule has 0 unspecified atom stereocenters. The van der Waals surface area contributed by atoms with Gasteiger partial charge in [0.15, 0.2) is 22.4 Å². The lowest BCUT2D eigenvalue weighted by atomic mass is 10.2. The van der Waals surface area contributed by atoms with Gasteiger partial charge >= 0.3 is 0 Å². The minimum Gasteiger partial charge on any atom is -0.493 e. The number of thiazole rings is 1. The minimum atomic E-state index is -0.382. The molecule has 0 saturated carbocycles. The van der Waals surface area contributed by atoms with E-state index in [1.807, 2.05) is 24.3 Å². The fourth-order valence-corrected chi connectivity index (χ4v) is 8.00. The molecule has 15 heteroatoms. The van der Waals surface area contributed by atoms with Gasteiger partial charge in [-0.25, -0.2) is 4.98 Å². The summed E-state index contributed by atoms with van der Waals surface area (Å²) in [5.41, 5.74) is 1.70. The van der Waals surface area contributed by atoms with Gasteiger partial charge in [-0.05, 0) is 48.0 Å². The molecule has 2 amide bonds. The van der Waals surface area contributed by atoms with E-state index in [9.17, 15) is 9.59 Å². The molecule has 5 aromatic rings. The fraction of sp³-hybridized carbons (Fsp3) is 0.143. The second-order valence-electron chi connectivity index (χ2n) is 8.83. The third kappa shape index (κ3) is 7.08. The molecule has 0 spiro atoms. The SMILES string of the molecule is COc1cc(/C=C2\SC(=S)N(Cc3ccco3)C2=O)ccc1OCC(=O)Nc1nnc(CSc2nc3ccccc3s2)s1. The number of nitrogens with zero attached hydrogens (tertiary/aromatic N) is 4. The number of hydrogen-bond donors (Lipinski definition) is 1. The molecule has 1 N–H and O–H groups in total. The lowest BCUT2D eigenvalue weighted by Gasteiger charge is -2.12. The van der Waals surface area contributed by atoms with Crippen LogP contribution in [0.3, 0.4) is 0 Å². The van der Waals surface area contributed by atoms with Crippen molar-refractivity contribution in [1.82, 2.24) is 20.1 Å². The van der Waals surface area contributed by atoms with Crippen molar-refractivity contribution in [2.45, 2.75) is 16.6 Å². The molecule has 0 aliphatic carbocycles. The molecule has 0 bridgehead atoms. The summed E-state index contributed by atoms with van der Waals surface area (Å²) in [5.74, 6) is 1.46. The summed E-state index contributed by atoms with van der Waals surface area (Å²) in [6, 6.07) is 16.7. The molecule has 3 aromatic heterocycles. The predicted octanol–water partition coefficient (Wildman–Crippen LogP) is 6.46. The smallest absolute Gasteiger partial charge is 0.266 e. The van der Waals surface area contributed by atoms with E-state index in [1.54, 1.807) is 65.8 Å². The van der Waals surface area contributed by atoms with Gasteiger partial charge in [0.25, 0.3) is 11.8 Å². The first-order valence-corrected chi connectivity index (χ1v) is 16.5. The summed E-state index contributed by atoms with van der Waals surface area (Å²) >= 11 is 11.1. The van der Waals surface area contributed by atoms with E-state index < -0.39 is 0 Å². The molecule has 0 atom stereocenters. The van der Waals surface area contributed by atoms with Gasteiger partial charge in [0, 0.05) is 0 Å². The van der Waals surface area contributed by atoms with E-state index >= 15 is 0 Å². The number of amides is 2.